The highest BCUT2D eigenvalue weighted by molar-refractivity contribution is 5.91. The molecule has 124 valence electrons. The SMILES string of the molecule is Cc1cccc2[nH]cc(CC(=O)NCC(O)c3ccccc3F)c12. The Kier molecular flexibility index (Phi) is 4.62. The molecule has 1 atom stereocenters. The molecule has 3 N–H and O–H groups in total. The summed E-state index contributed by atoms with van der Waals surface area (Å²) in [6, 6.07) is 11.9. The van der Waals surface area contributed by atoms with Crippen LogP contribution in [0.15, 0.2) is 48.7 Å². The van der Waals surface area contributed by atoms with Crippen LogP contribution in [0.3, 0.4) is 0 Å². The van der Waals surface area contributed by atoms with Gasteiger partial charge in [-0.15, -0.1) is 0 Å². The minimum atomic E-state index is -1.07. The fourth-order valence-electron chi connectivity index (χ4n) is 2.89. The first-order valence-corrected chi connectivity index (χ1v) is 7.81. The number of aryl methyl sites for hydroxylation is 1. The van der Waals surface area contributed by atoms with E-state index in [9.17, 15) is 14.3 Å². The van der Waals surface area contributed by atoms with Crippen LogP contribution < -0.4 is 5.32 Å². The van der Waals surface area contributed by atoms with E-state index in [4.69, 9.17) is 0 Å². The molecule has 0 fully saturated rings. The van der Waals surface area contributed by atoms with Crippen molar-refractivity contribution < 1.29 is 14.3 Å². The molecule has 0 aliphatic heterocycles. The lowest BCUT2D eigenvalue weighted by molar-refractivity contribution is -0.120. The van der Waals surface area contributed by atoms with E-state index in [1.807, 2.05) is 31.3 Å². The lowest BCUT2D eigenvalue weighted by atomic mass is 10.0. The van der Waals surface area contributed by atoms with Gasteiger partial charge in [-0.3, -0.25) is 4.79 Å². The zero-order valence-electron chi connectivity index (χ0n) is 13.3. The minimum absolute atomic E-state index is 0.0267. The molecule has 1 amide bonds. The van der Waals surface area contributed by atoms with Crippen molar-refractivity contribution in [2.45, 2.75) is 19.4 Å². The maximum Gasteiger partial charge on any atom is 0.224 e. The third kappa shape index (κ3) is 3.31. The van der Waals surface area contributed by atoms with Gasteiger partial charge in [0.1, 0.15) is 5.82 Å². The fourth-order valence-corrected chi connectivity index (χ4v) is 2.89. The van der Waals surface area contributed by atoms with E-state index >= 15 is 0 Å². The number of aromatic amines is 1. The number of carbonyl (C=O) groups excluding carboxylic acids is 1. The van der Waals surface area contributed by atoms with Crippen molar-refractivity contribution in [1.29, 1.82) is 0 Å². The van der Waals surface area contributed by atoms with Gasteiger partial charge in [-0.05, 0) is 30.2 Å². The van der Waals surface area contributed by atoms with Crippen LogP contribution in [0.4, 0.5) is 4.39 Å². The first kappa shape index (κ1) is 16.2. The molecular weight excluding hydrogens is 307 g/mol. The normalized spacial score (nSPS) is 12.3. The van der Waals surface area contributed by atoms with Crippen molar-refractivity contribution in [3.8, 4) is 0 Å². The monoisotopic (exact) mass is 326 g/mol. The lowest BCUT2D eigenvalue weighted by Gasteiger charge is -2.13. The van der Waals surface area contributed by atoms with Crippen molar-refractivity contribution >= 4 is 16.8 Å². The highest BCUT2D eigenvalue weighted by atomic mass is 19.1. The van der Waals surface area contributed by atoms with E-state index in [2.05, 4.69) is 10.3 Å². The second-order valence-corrected chi connectivity index (χ2v) is 5.83. The Hall–Kier alpha value is -2.66. The minimum Gasteiger partial charge on any atom is -0.386 e. The van der Waals surface area contributed by atoms with E-state index < -0.39 is 11.9 Å². The molecule has 4 nitrogen and oxygen atoms in total. The van der Waals surface area contributed by atoms with Crippen LogP contribution in [-0.4, -0.2) is 22.5 Å². The van der Waals surface area contributed by atoms with E-state index in [-0.39, 0.29) is 24.4 Å². The molecule has 0 saturated carbocycles. The highest BCUT2D eigenvalue weighted by Crippen LogP contribution is 2.22. The number of H-pyrrole nitrogens is 1. The van der Waals surface area contributed by atoms with Crippen LogP contribution >= 0.6 is 0 Å². The van der Waals surface area contributed by atoms with Gasteiger partial charge in [0.15, 0.2) is 0 Å². The van der Waals surface area contributed by atoms with Crippen molar-refractivity contribution in [1.82, 2.24) is 10.3 Å². The summed E-state index contributed by atoms with van der Waals surface area (Å²) >= 11 is 0. The lowest BCUT2D eigenvalue weighted by Crippen LogP contribution is -2.29. The standard InChI is InChI=1S/C19H19FN2O2/c1-12-5-4-8-16-19(12)13(10-21-16)9-18(24)22-11-17(23)14-6-2-3-7-15(14)20/h2-8,10,17,21,23H,9,11H2,1H3,(H,22,24). The smallest absolute Gasteiger partial charge is 0.224 e. The first-order valence-electron chi connectivity index (χ1n) is 7.81. The van der Waals surface area contributed by atoms with Crippen LogP contribution in [0.5, 0.6) is 0 Å². The summed E-state index contributed by atoms with van der Waals surface area (Å²) in [5.41, 5.74) is 3.17. The van der Waals surface area contributed by atoms with Gasteiger partial charge >= 0.3 is 0 Å². The Morgan fingerprint density at radius 3 is 2.83 bits per heavy atom. The average molecular weight is 326 g/mol. The van der Waals surface area contributed by atoms with Crippen LogP contribution in [0.25, 0.3) is 10.9 Å². The van der Waals surface area contributed by atoms with Crippen LogP contribution in [0.2, 0.25) is 0 Å². The maximum atomic E-state index is 13.6. The van der Waals surface area contributed by atoms with Crippen molar-refractivity contribution in [2.75, 3.05) is 6.54 Å². The van der Waals surface area contributed by atoms with Crippen molar-refractivity contribution in [3.63, 3.8) is 0 Å². The molecule has 0 spiro atoms. The van der Waals surface area contributed by atoms with Gasteiger partial charge in [0, 0.05) is 29.2 Å². The number of aliphatic hydroxyl groups excluding tert-OH is 1. The quantitative estimate of drug-likeness (QED) is 0.675. The molecule has 24 heavy (non-hydrogen) atoms. The number of halogens is 1. The summed E-state index contributed by atoms with van der Waals surface area (Å²) in [5.74, 6) is -0.693. The van der Waals surface area contributed by atoms with Crippen LogP contribution in [0, 0.1) is 12.7 Å². The largest absolute Gasteiger partial charge is 0.386 e. The zero-order valence-corrected chi connectivity index (χ0v) is 13.3. The average Bonchev–Trinajstić information content (AvgIpc) is 2.97. The third-order valence-electron chi connectivity index (χ3n) is 4.10. The van der Waals surface area contributed by atoms with Crippen LogP contribution in [-0.2, 0) is 11.2 Å². The molecule has 1 heterocycles. The molecule has 1 aromatic heterocycles. The summed E-state index contributed by atoms with van der Waals surface area (Å²) in [6.07, 6.45) is 0.958. The van der Waals surface area contributed by atoms with Gasteiger partial charge in [0.05, 0.1) is 12.5 Å². The predicted octanol–water partition coefficient (Wildman–Crippen LogP) is 3.01. The van der Waals surface area contributed by atoms with Gasteiger partial charge in [-0.1, -0.05) is 30.3 Å². The number of aromatic nitrogens is 1. The molecule has 0 aliphatic carbocycles. The van der Waals surface area contributed by atoms with Gasteiger partial charge in [-0.2, -0.15) is 0 Å². The first-order chi connectivity index (χ1) is 11.6. The number of hydrogen-bond donors (Lipinski definition) is 3. The molecule has 3 rings (SSSR count). The van der Waals surface area contributed by atoms with E-state index in [0.717, 1.165) is 22.0 Å². The number of amides is 1. The second kappa shape index (κ2) is 6.84. The number of carbonyl (C=O) groups is 1. The Morgan fingerprint density at radius 1 is 1.25 bits per heavy atom. The summed E-state index contributed by atoms with van der Waals surface area (Å²) in [6.45, 7) is 1.97. The molecule has 3 aromatic rings. The van der Waals surface area contributed by atoms with Gasteiger partial charge in [0.25, 0.3) is 0 Å². The number of rotatable bonds is 5. The summed E-state index contributed by atoms with van der Waals surface area (Å²) in [5, 5.41) is 13.7. The predicted molar refractivity (Wildman–Crippen MR) is 91.1 cm³/mol. The van der Waals surface area contributed by atoms with Gasteiger partial charge in [0.2, 0.25) is 5.91 Å². The van der Waals surface area contributed by atoms with Gasteiger partial charge < -0.3 is 15.4 Å². The maximum absolute atomic E-state index is 13.6. The second-order valence-electron chi connectivity index (χ2n) is 5.83. The molecule has 0 aliphatic rings. The van der Waals surface area contributed by atoms with E-state index in [0.29, 0.717) is 0 Å². The Bertz CT molecular complexity index is 873. The number of fused-ring (bicyclic) bond motifs is 1. The van der Waals surface area contributed by atoms with E-state index in [1.54, 1.807) is 12.1 Å². The molecule has 1 unspecified atom stereocenters. The molecular formula is C19H19FN2O2. The summed E-state index contributed by atoms with van der Waals surface area (Å²) in [4.78, 5) is 15.3. The fraction of sp³-hybridized carbons (Fsp3) is 0.211. The molecule has 5 heteroatoms. The highest BCUT2D eigenvalue weighted by Gasteiger charge is 2.15. The number of nitrogens with one attached hydrogen (secondary N) is 2. The summed E-state index contributed by atoms with van der Waals surface area (Å²) in [7, 11) is 0. The molecule has 0 radical (unpaired) electrons. The van der Waals surface area contributed by atoms with Crippen LogP contribution in [0.1, 0.15) is 22.8 Å². The Balaban J connectivity index is 1.64. The number of benzene rings is 2. The summed E-state index contributed by atoms with van der Waals surface area (Å²) < 4.78 is 13.6. The van der Waals surface area contributed by atoms with Crippen molar-refractivity contribution in [2.24, 2.45) is 0 Å². The number of hydrogen-bond acceptors (Lipinski definition) is 2. The third-order valence-corrected chi connectivity index (χ3v) is 4.10. The topological polar surface area (TPSA) is 65.1 Å². The Labute approximate surface area is 139 Å². The Morgan fingerprint density at radius 2 is 2.04 bits per heavy atom. The van der Waals surface area contributed by atoms with Crippen molar-refractivity contribution in [3.05, 3.63) is 71.2 Å². The molecule has 0 bridgehead atoms. The molecule has 2 aromatic carbocycles. The van der Waals surface area contributed by atoms with E-state index in [1.165, 1.54) is 12.1 Å². The zero-order chi connectivity index (χ0) is 17.1. The number of aliphatic hydroxyl groups is 1. The molecule has 0 saturated heterocycles. The van der Waals surface area contributed by atoms with Gasteiger partial charge in [-0.25, -0.2) is 4.39 Å².